The molecule has 1 aromatic rings. The van der Waals surface area contributed by atoms with Gasteiger partial charge in [0.25, 0.3) is 0 Å². The van der Waals surface area contributed by atoms with Crippen molar-refractivity contribution in [3.63, 3.8) is 0 Å². The molecule has 1 aromatic carbocycles. The van der Waals surface area contributed by atoms with Gasteiger partial charge in [-0.1, -0.05) is 38.0 Å². The first-order chi connectivity index (χ1) is 5.93. The largest absolute Gasteiger partial charge is 0.494 e. The Balaban J connectivity index is 0.00000144. The van der Waals surface area contributed by atoms with Crippen molar-refractivity contribution in [1.82, 2.24) is 0 Å². The Bertz CT molecular complexity index is 199. The Morgan fingerprint density at radius 2 is 1.77 bits per heavy atom. The van der Waals surface area contributed by atoms with Gasteiger partial charge in [-0.3, -0.25) is 0 Å². The van der Waals surface area contributed by atoms with E-state index in [4.69, 9.17) is 4.74 Å². The molecule has 0 bridgehead atoms. The molecule has 0 amide bonds. The van der Waals surface area contributed by atoms with Gasteiger partial charge < -0.3 is 4.74 Å². The Labute approximate surface area is 87.6 Å². The van der Waals surface area contributed by atoms with Gasteiger partial charge in [-0.2, -0.15) is 13.5 Å². The topological polar surface area (TPSA) is 9.23 Å². The molecule has 0 unspecified atom stereocenters. The summed E-state index contributed by atoms with van der Waals surface area (Å²) in [5.74, 6) is 0.980. The van der Waals surface area contributed by atoms with Crippen LogP contribution in [0.15, 0.2) is 30.3 Å². The summed E-state index contributed by atoms with van der Waals surface area (Å²) in [4.78, 5) is 0. The van der Waals surface area contributed by atoms with Crippen LogP contribution in [0.25, 0.3) is 0 Å². The number of hydrogen-bond acceptors (Lipinski definition) is 1. The van der Waals surface area contributed by atoms with Crippen LogP contribution in [0.3, 0.4) is 0 Å². The minimum atomic E-state index is 0. The quantitative estimate of drug-likeness (QED) is 0.659. The predicted octanol–water partition coefficient (Wildman–Crippen LogP) is 3.37. The molecule has 1 rings (SSSR count). The average Bonchev–Trinajstić information content (AvgIpc) is 2.14. The van der Waals surface area contributed by atoms with Crippen LogP contribution in [-0.2, 0) is 0 Å². The normalized spacial score (nSPS) is 9.00. The van der Waals surface area contributed by atoms with Crippen molar-refractivity contribution in [3.05, 3.63) is 30.3 Å². The second-order valence-corrected chi connectivity index (χ2v) is 2.87. The maximum Gasteiger partial charge on any atom is 0.119 e. The molecular formula is C11H18OS. The number of unbranched alkanes of at least 4 members (excludes halogenated alkanes) is 2. The first-order valence-corrected chi connectivity index (χ1v) is 4.61. The van der Waals surface area contributed by atoms with Crippen LogP contribution in [0.4, 0.5) is 0 Å². The van der Waals surface area contributed by atoms with Crippen LogP contribution < -0.4 is 4.74 Å². The fourth-order valence-electron chi connectivity index (χ4n) is 1.06. The van der Waals surface area contributed by atoms with Crippen LogP contribution in [0.5, 0.6) is 5.75 Å². The van der Waals surface area contributed by atoms with E-state index < -0.39 is 0 Å². The molecule has 0 aliphatic carbocycles. The Hall–Kier alpha value is -0.630. The SMILES string of the molecule is CCCCCOc1ccccc1.S. The van der Waals surface area contributed by atoms with E-state index >= 15 is 0 Å². The summed E-state index contributed by atoms with van der Waals surface area (Å²) in [5, 5.41) is 0. The van der Waals surface area contributed by atoms with Crippen molar-refractivity contribution in [2.24, 2.45) is 0 Å². The van der Waals surface area contributed by atoms with E-state index in [9.17, 15) is 0 Å². The van der Waals surface area contributed by atoms with Crippen LogP contribution in [0.2, 0.25) is 0 Å². The first kappa shape index (κ1) is 12.4. The van der Waals surface area contributed by atoms with Gasteiger partial charge in [-0.25, -0.2) is 0 Å². The van der Waals surface area contributed by atoms with Crippen molar-refractivity contribution in [3.8, 4) is 5.75 Å². The van der Waals surface area contributed by atoms with Crippen LogP contribution in [0, 0.1) is 0 Å². The fraction of sp³-hybridized carbons (Fsp3) is 0.455. The molecule has 0 radical (unpaired) electrons. The molecule has 0 atom stereocenters. The lowest BCUT2D eigenvalue weighted by Gasteiger charge is -2.04. The van der Waals surface area contributed by atoms with Crippen LogP contribution in [0.1, 0.15) is 26.2 Å². The highest BCUT2D eigenvalue weighted by Gasteiger charge is 1.89. The third-order valence-electron chi connectivity index (χ3n) is 1.76. The molecule has 13 heavy (non-hydrogen) atoms. The summed E-state index contributed by atoms with van der Waals surface area (Å²) < 4.78 is 5.51. The highest BCUT2D eigenvalue weighted by atomic mass is 32.1. The van der Waals surface area contributed by atoms with Crippen molar-refractivity contribution < 1.29 is 4.74 Å². The minimum absolute atomic E-state index is 0. The number of benzene rings is 1. The van der Waals surface area contributed by atoms with Gasteiger partial charge in [0.1, 0.15) is 5.75 Å². The molecule has 0 N–H and O–H groups in total. The molecular weight excluding hydrogens is 180 g/mol. The molecule has 0 aromatic heterocycles. The summed E-state index contributed by atoms with van der Waals surface area (Å²) in [7, 11) is 0. The molecule has 0 fully saturated rings. The van der Waals surface area contributed by atoms with Gasteiger partial charge in [-0.05, 0) is 18.6 Å². The summed E-state index contributed by atoms with van der Waals surface area (Å²) in [6, 6.07) is 9.97. The maximum atomic E-state index is 5.51. The minimum Gasteiger partial charge on any atom is -0.494 e. The number of para-hydroxylation sites is 1. The van der Waals surface area contributed by atoms with E-state index in [0.29, 0.717) is 0 Å². The zero-order valence-electron chi connectivity index (χ0n) is 8.12. The van der Waals surface area contributed by atoms with Gasteiger partial charge in [-0.15, -0.1) is 0 Å². The van der Waals surface area contributed by atoms with Gasteiger partial charge in [0.05, 0.1) is 6.61 Å². The molecule has 74 valence electrons. The number of ether oxygens (including phenoxy) is 1. The first-order valence-electron chi connectivity index (χ1n) is 4.61. The molecule has 2 heteroatoms. The van der Waals surface area contributed by atoms with E-state index in [1.165, 1.54) is 12.8 Å². The molecule has 0 spiro atoms. The van der Waals surface area contributed by atoms with E-state index in [0.717, 1.165) is 18.8 Å². The summed E-state index contributed by atoms with van der Waals surface area (Å²) >= 11 is 0. The second-order valence-electron chi connectivity index (χ2n) is 2.87. The highest BCUT2D eigenvalue weighted by molar-refractivity contribution is 7.59. The summed E-state index contributed by atoms with van der Waals surface area (Å²) in [6.07, 6.45) is 3.66. The smallest absolute Gasteiger partial charge is 0.119 e. The number of hydrogen-bond donors (Lipinski definition) is 0. The molecule has 1 nitrogen and oxygen atoms in total. The van der Waals surface area contributed by atoms with Gasteiger partial charge in [0, 0.05) is 0 Å². The van der Waals surface area contributed by atoms with Gasteiger partial charge in [0.15, 0.2) is 0 Å². The van der Waals surface area contributed by atoms with E-state index in [-0.39, 0.29) is 13.5 Å². The third-order valence-corrected chi connectivity index (χ3v) is 1.76. The van der Waals surface area contributed by atoms with Crippen molar-refractivity contribution in [1.29, 1.82) is 0 Å². The lowest BCUT2D eigenvalue weighted by atomic mass is 10.3. The summed E-state index contributed by atoms with van der Waals surface area (Å²) in [5.41, 5.74) is 0. The second kappa shape index (κ2) is 7.99. The van der Waals surface area contributed by atoms with Crippen molar-refractivity contribution in [2.45, 2.75) is 26.2 Å². The van der Waals surface area contributed by atoms with E-state index in [2.05, 4.69) is 6.92 Å². The monoisotopic (exact) mass is 198 g/mol. The van der Waals surface area contributed by atoms with Crippen LogP contribution in [-0.4, -0.2) is 6.61 Å². The Morgan fingerprint density at radius 3 is 2.38 bits per heavy atom. The maximum absolute atomic E-state index is 5.51. The van der Waals surface area contributed by atoms with Crippen LogP contribution >= 0.6 is 13.5 Å². The predicted molar refractivity (Wildman–Crippen MR) is 61.8 cm³/mol. The lowest BCUT2D eigenvalue weighted by Crippen LogP contribution is -1.96. The van der Waals surface area contributed by atoms with E-state index in [1.54, 1.807) is 0 Å². The summed E-state index contributed by atoms with van der Waals surface area (Å²) in [6.45, 7) is 3.04. The Morgan fingerprint density at radius 1 is 1.08 bits per heavy atom. The van der Waals surface area contributed by atoms with E-state index in [1.807, 2.05) is 30.3 Å². The fourth-order valence-corrected chi connectivity index (χ4v) is 1.06. The zero-order valence-corrected chi connectivity index (χ0v) is 9.12. The van der Waals surface area contributed by atoms with Crippen molar-refractivity contribution in [2.75, 3.05) is 6.61 Å². The molecule has 0 aliphatic rings. The molecule has 0 saturated heterocycles. The average molecular weight is 198 g/mol. The molecule has 0 saturated carbocycles. The standard InChI is InChI=1S/C11H16O.H2S/c1-2-3-7-10-12-11-8-5-4-6-9-11;/h4-6,8-9H,2-3,7,10H2,1H3;1H2. The highest BCUT2D eigenvalue weighted by Crippen LogP contribution is 2.08. The van der Waals surface area contributed by atoms with Gasteiger partial charge in [0.2, 0.25) is 0 Å². The molecule has 0 heterocycles. The van der Waals surface area contributed by atoms with Gasteiger partial charge >= 0.3 is 0 Å². The lowest BCUT2D eigenvalue weighted by molar-refractivity contribution is 0.306. The van der Waals surface area contributed by atoms with Crippen molar-refractivity contribution >= 4 is 13.5 Å². The third kappa shape index (κ3) is 5.58. The Kier molecular flexibility index (Phi) is 7.60. The molecule has 0 aliphatic heterocycles. The number of rotatable bonds is 5. The zero-order chi connectivity index (χ0) is 8.65.